The first-order valence-corrected chi connectivity index (χ1v) is 17.3. The molecule has 4 N–H and O–H groups in total. The van der Waals surface area contributed by atoms with Gasteiger partial charge in [0, 0.05) is 43.2 Å². The summed E-state index contributed by atoms with van der Waals surface area (Å²) in [6.07, 6.45) is 2.04. The number of rotatable bonds is 12. The third-order valence-electron chi connectivity index (χ3n) is 6.95. The van der Waals surface area contributed by atoms with Gasteiger partial charge in [-0.1, -0.05) is 59.3 Å². The third-order valence-corrected chi connectivity index (χ3v) is 9.60. The number of anilines is 2. The number of nitrogens with zero attached hydrogens (tertiary/aromatic N) is 1. The Morgan fingerprint density at radius 1 is 0.979 bits per heavy atom. The maximum absolute atomic E-state index is 13.6. The summed E-state index contributed by atoms with van der Waals surface area (Å²) in [7, 11) is 1.44. The Kier molecular flexibility index (Phi) is 11.7. The van der Waals surface area contributed by atoms with Crippen LogP contribution in [0.25, 0.3) is 17.3 Å². The molecule has 5 aromatic rings. The second-order valence-electron chi connectivity index (χ2n) is 10.3. The lowest BCUT2D eigenvalue weighted by Crippen LogP contribution is -2.30. The van der Waals surface area contributed by atoms with E-state index in [0.717, 1.165) is 20.6 Å². The molecular weight excluding hydrogens is 712 g/mol. The summed E-state index contributed by atoms with van der Waals surface area (Å²) in [5, 5.41) is 20.4. The number of thiazole rings is 1. The molecule has 1 aromatic heterocycles. The molecule has 0 fully saturated rings. The Morgan fingerprint density at radius 3 is 2.48 bits per heavy atom. The van der Waals surface area contributed by atoms with Crippen molar-refractivity contribution in [1.29, 1.82) is 0 Å². The predicted octanol–water partition coefficient (Wildman–Crippen LogP) is 8.21. The fourth-order valence-corrected chi connectivity index (χ4v) is 6.52. The molecule has 0 aliphatic rings. The zero-order valence-electron chi connectivity index (χ0n) is 25.9. The Balaban J connectivity index is 1.30. The van der Waals surface area contributed by atoms with Crippen LogP contribution in [-0.2, 0) is 9.59 Å². The number of hydrogen-bond acceptors (Lipinski definition) is 8. The highest BCUT2D eigenvalue weighted by Crippen LogP contribution is 2.31. The van der Waals surface area contributed by atoms with E-state index in [2.05, 4.69) is 36.9 Å². The molecular formula is C36H31BrN4O5S2. The van der Waals surface area contributed by atoms with Crippen molar-refractivity contribution in [2.75, 3.05) is 17.7 Å². The number of ether oxygens (including phenoxy) is 1. The van der Waals surface area contributed by atoms with Crippen LogP contribution in [0.3, 0.4) is 0 Å². The number of nitrogens with one attached hydrogen (secondary N) is 3. The largest absolute Gasteiger partial charge is 0.508 e. The molecule has 0 aliphatic heterocycles. The van der Waals surface area contributed by atoms with Crippen molar-refractivity contribution >= 4 is 73.6 Å². The number of aromatic hydroxyl groups is 1. The highest BCUT2D eigenvalue weighted by Gasteiger charge is 2.21. The highest BCUT2D eigenvalue weighted by molar-refractivity contribution is 9.10. The Morgan fingerprint density at radius 2 is 1.75 bits per heavy atom. The van der Waals surface area contributed by atoms with Gasteiger partial charge in [-0.15, -0.1) is 23.1 Å². The minimum Gasteiger partial charge on any atom is -0.508 e. The average Bonchev–Trinajstić information content (AvgIpc) is 3.56. The zero-order valence-corrected chi connectivity index (χ0v) is 29.1. The number of hydrogen-bond donors (Lipinski definition) is 4. The van der Waals surface area contributed by atoms with E-state index in [-0.39, 0.29) is 17.4 Å². The molecule has 244 valence electrons. The molecule has 0 bridgehead atoms. The number of amides is 3. The quantitative estimate of drug-likeness (QED) is 0.0749. The number of methoxy groups -OCH3 is 1. The number of phenols is 1. The molecule has 3 amide bonds. The Bertz CT molecular complexity index is 1950. The van der Waals surface area contributed by atoms with Gasteiger partial charge in [-0.2, -0.15) is 0 Å². The van der Waals surface area contributed by atoms with Crippen molar-refractivity contribution < 1.29 is 24.2 Å². The van der Waals surface area contributed by atoms with Crippen LogP contribution in [0.15, 0.2) is 118 Å². The summed E-state index contributed by atoms with van der Waals surface area (Å²) in [6, 6.07) is 27.9. The van der Waals surface area contributed by atoms with Crippen LogP contribution in [0.4, 0.5) is 10.8 Å². The lowest BCUT2D eigenvalue weighted by atomic mass is 10.1. The molecule has 0 saturated heterocycles. The lowest BCUT2D eigenvalue weighted by Gasteiger charge is -2.15. The molecule has 1 atom stereocenters. The minimum absolute atomic E-state index is 0.00572. The van der Waals surface area contributed by atoms with E-state index in [1.54, 1.807) is 54.6 Å². The van der Waals surface area contributed by atoms with Gasteiger partial charge in [0.1, 0.15) is 17.2 Å². The van der Waals surface area contributed by atoms with Crippen LogP contribution in [-0.4, -0.2) is 40.2 Å². The van der Waals surface area contributed by atoms with Gasteiger partial charge in [0.2, 0.25) is 5.91 Å². The van der Waals surface area contributed by atoms with Crippen molar-refractivity contribution in [3.05, 3.63) is 124 Å². The predicted molar refractivity (Wildman–Crippen MR) is 195 cm³/mol. The van der Waals surface area contributed by atoms with Gasteiger partial charge < -0.3 is 25.8 Å². The van der Waals surface area contributed by atoms with Gasteiger partial charge in [-0.05, 0) is 67.1 Å². The van der Waals surface area contributed by atoms with Crippen molar-refractivity contribution in [3.8, 4) is 22.8 Å². The van der Waals surface area contributed by atoms with E-state index < -0.39 is 17.1 Å². The van der Waals surface area contributed by atoms with Crippen LogP contribution in [0.2, 0.25) is 0 Å². The summed E-state index contributed by atoms with van der Waals surface area (Å²) in [5.74, 6) is -0.912. The number of aromatic nitrogens is 1. The van der Waals surface area contributed by atoms with Gasteiger partial charge >= 0.3 is 0 Å². The van der Waals surface area contributed by atoms with Gasteiger partial charge in [-0.25, -0.2) is 4.98 Å². The summed E-state index contributed by atoms with van der Waals surface area (Å²) < 4.78 is 6.35. The van der Waals surface area contributed by atoms with Crippen molar-refractivity contribution in [2.45, 2.75) is 23.5 Å². The minimum atomic E-state index is -0.577. The van der Waals surface area contributed by atoms with Gasteiger partial charge in [0.05, 0.1) is 18.1 Å². The second-order valence-corrected chi connectivity index (χ2v) is 13.4. The average molecular weight is 744 g/mol. The number of carbonyl (C=O) groups is 3. The topological polar surface area (TPSA) is 130 Å². The van der Waals surface area contributed by atoms with Crippen LogP contribution >= 0.6 is 39.0 Å². The monoisotopic (exact) mass is 742 g/mol. The number of thioether (sulfide) groups is 1. The molecule has 1 heterocycles. The number of benzene rings is 4. The SMILES string of the molecule is CCC(Sc1cccc(NC(=O)/C(=C\c2ccc(O)cc2OC)NC(=O)c2ccccc2)c1)C(=O)Nc1nc(-c2ccc(Br)cc2)cs1. The number of carbonyl (C=O) groups excluding carboxylic acids is 3. The highest BCUT2D eigenvalue weighted by atomic mass is 79.9. The third kappa shape index (κ3) is 9.12. The molecule has 0 aliphatic carbocycles. The zero-order chi connectivity index (χ0) is 34.0. The van der Waals surface area contributed by atoms with Crippen LogP contribution in [0.5, 0.6) is 11.5 Å². The molecule has 0 radical (unpaired) electrons. The molecule has 9 nitrogen and oxygen atoms in total. The van der Waals surface area contributed by atoms with E-state index >= 15 is 0 Å². The van der Waals surface area contributed by atoms with E-state index in [0.29, 0.717) is 34.1 Å². The standard InChI is InChI=1S/C36H31BrN4O5S2/c1-3-32(35(45)41-36-40-30(21-47-36)22-12-15-25(37)16-13-22)48-28-11-7-10-26(19-28)38-34(44)29(39-33(43)23-8-5-4-6-9-23)18-24-14-17-27(42)20-31(24)46-2/h4-21,32,42H,3H2,1-2H3,(H,38,44)(H,39,43)(H,40,41,45)/b29-18+. The van der Waals surface area contributed by atoms with Crippen LogP contribution < -0.4 is 20.7 Å². The van der Waals surface area contributed by atoms with Gasteiger partial charge in [0.25, 0.3) is 11.8 Å². The van der Waals surface area contributed by atoms with Crippen LogP contribution in [0.1, 0.15) is 29.3 Å². The van der Waals surface area contributed by atoms with Gasteiger partial charge in [0.15, 0.2) is 5.13 Å². The van der Waals surface area contributed by atoms with Crippen molar-refractivity contribution in [3.63, 3.8) is 0 Å². The smallest absolute Gasteiger partial charge is 0.272 e. The molecule has 4 aromatic carbocycles. The van der Waals surface area contributed by atoms with Crippen molar-refractivity contribution in [2.24, 2.45) is 0 Å². The maximum atomic E-state index is 13.6. The molecule has 0 spiro atoms. The first kappa shape index (κ1) is 34.4. The molecule has 0 saturated carbocycles. The number of halogens is 1. The Hall–Kier alpha value is -4.91. The fraction of sp³-hybridized carbons (Fsp3) is 0.111. The Labute approximate surface area is 294 Å². The van der Waals surface area contributed by atoms with Gasteiger partial charge in [-0.3, -0.25) is 14.4 Å². The van der Waals surface area contributed by atoms with E-state index in [1.807, 2.05) is 42.6 Å². The second kappa shape index (κ2) is 16.3. The van der Waals surface area contributed by atoms with Crippen LogP contribution in [0, 0.1) is 0 Å². The summed E-state index contributed by atoms with van der Waals surface area (Å²) in [5.41, 5.74) is 3.01. The normalized spacial score (nSPS) is 11.8. The lowest BCUT2D eigenvalue weighted by molar-refractivity contribution is -0.116. The molecule has 1 unspecified atom stereocenters. The van der Waals surface area contributed by atoms with E-state index in [1.165, 1.54) is 48.4 Å². The van der Waals surface area contributed by atoms with E-state index in [4.69, 9.17) is 4.74 Å². The molecule has 5 rings (SSSR count). The number of phenolic OH excluding ortho intramolecular Hbond substituents is 1. The van der Waals surface area contributed by atoms with E-state index in [9.17, 15) is 19.5 Å². The molecule has 48 heavy (non-hydrogen) atoms. The first-order chi connectivity index (χ1) is 23.2. The first-order valence-electron chi connectivity index (χ1n) is 14.8. The van der Waals surface area contributed by atoms with Crippen molar-refractivity contribution in [1.82, 2.24) is 10.3 Å². The fourth-order valence-electron chi connectivity index (χ4n) is 4.52. The molecule has 12 heteroatoms. The summed E-state index contributed by atoms with van der Waals surface area (Å²) >= 11 is 6.17. The summed E-state index contributed by atoms with van der Waals surface area (Å²) in [6.45, 7) is 1.93. The maximum Gasteiger partial charge on any atom is 0.272 e. The summed E-state index contributed by atoms with van der Waals surface area (Å²) in [4.78, 5) is 45.2.